The molecular formula is C12H9ClN4O2S. The molecule has 0 atom stereocenters. The van der Waals surface area contributed by atoms with Crippen molar-refractivity contribution in [3.8, 4) is 0 Å². The fourth-order valence-electron chi connectivity index (χ4n) is 1.49. The summed E-state index contributed by atoms with van der Waals surface area (Å²) in [5, 5.41) is 16.9. The van der Waals surface area contributed by atoms with E-state index >= 15 is 0 Å². The highest BCUT2D eigenvalue weighted by atomic mass is 35.5. The maximum atomic E-state index is 10.9. The molecule has 1 aromatic heterocycles. The summed E-state index contributed by atoms with van der Waals surface area (Å²) in [6.07, 6.45) is 1.55. The second kappa shape index (κ2) is 6.27. The van der Waals surface area contributed by atoms with Crippen LogP contribution in [0.1, 0.15) is 0 Å². The Labute approximate surface area is 124 Å². The third kappa shape index (κ3) is 3.40. The van der Waals surface area contributed by atoms with Crippen molar-refractivity contribution in [1.29, 1.82) is 0 Å². The number of hydrogen-bond donors (Lipinski definition) is 2. The third-order valence-electron chi connectivity index (χ3n) is 2.36. The minimum Gasteiger partial charge on any atom is -0.330 e. The van der Waals surface area contributed by atoms with Gasteiger partial charge in [-0.05, 0) is 30.4 Å². The van der Waals surface area contributed by atoms with E-state index in [1.807, 2.05) is 0 Å². The molecule has 0 aliphatic carbocycles. The standard InChI is InChI=1S/C12H9ClN4O2S/c13-11-9(5-3-7-14-11)16-12(20)15-8-4-1-2-6-10(8)17(18)19/h1-7H,(H2,15,16,20). The first kappa shape index (κ1) is 14.2. The summed E-state index contributed by atoms with van der Waals surface area (Å²) in [7, 11) is 0. The third-order valence-corrected chi connectivity index (χ3v) is 2.86. The van der Waals surface area contributed by atoms with E-state index < -0.39 is 4.92 Å². The van der Waals surface area contributed by atoms with Crippen molar-refractivity contribution in [2.45, 2.75) is 0 Å². The van der Waals surface area contributed by atoms with E-state index in [0.717, 1.165) is 0 Å². The number of halogens is 1. The predicted molar refractivity (Wildman–Crippen MR) is 82.2 cm³/mol. The number of anilines is 2. The van der Waals surface area contributed by atoms with Gasteiger partial charge in [0.05, 0.1) is 10.6 Å². The van der Waals surface area contributed by atoms with Crippen molar-refractivity contribution in [2.24, 2.45) is 0 Å². The smallest absolute Gasteiger partial charge is 0.292 e. The zero-order valence-corrected chi connectivity index (χ0v) is 11.6. The van der Waals surface area contributed by atoms with Crippen molar-refractivity contribution in [2.75, 3.05) is 10.6 Å². The van der Waals surface area contributed by atoms with E-state index in [1.54, 1.807) is 36.5 Å². The second-order valence-electron chi connectivity index (χ2n) is 3.70. The molecule has 0 amide bonds. The molecule has 20 heavy (non-hydrogen) atoms. The number of aromatic nitrogens is 1. The molecule has 6 nitrogen and oxygen atoms in total. The lowest BCUT2D eigenvalue weighted by Gasteiger charge is -2.11. The van der Waals surface area contributed by atoms with Crippen molar-refractivity contribution in [3.05, 3.63) is 57.9 Å². The van der Waals surface area contributed by atoms with Gasteiger partial charge in [-0.15, -0.1) is 0 Å². The van der Waals surface area contributed by atoms with E-state index in [0.29, 0.717) is 11.4 Å². The molecule has 1 aromatic carbocycles. The van der Waals surface area contributed by atoms with Crippen LogP contribution in [0.15, 0.2) is 42.6 Å². The van der Waals surface area contributed by atoms with E-state index in [2.05, 4.69) is 15.6 Å². The Morgan fingerprint density at radius 3 is 2.55 bits per heavy atom. The van der Waals surface area contributed by atoms with E-state index in [4.69, 9.17) is 23.8 Å². The van der Waals surface area contributed by atoms with Crippen LogP contribution in [-0.4, -0.2) is 15.0 Å². The Balaban J connectivity index is 2.13. The molecule has 0 bridgehead atoms. The number of nitrogens with one attached hydrogen (secondary N) is 2. The number of nitrogens with zero attached hydrogens (tertiary/aromatic N) is 2. The van der Waals surface area contributed by atoms with Crippen LogP contribution in [0.5, 0.6) is 0 Å². The molecule has 0 radical (unpaired) electrons. The van der Waals surface area contributed by atoms with Gasteiger partial charge in [-0.1, -0.05) is 23.7 Å². The molecule has 1 heterocycles. The molecule has 0 saturated heterocycles. The summed E-state index contributed by atoms with van der Waals surface area (Å²) in [5.74, 6) is 0. The summed E-state index contributed by atoms with van der Waals surface area (Å²) < 4.78 is 0. The summed E-state index contributed by atoms with van der Waals surface area (Å²) in [5.41, 5.74) is 0.759. The molecule has 0 spiro atoms. The van der Waals surface area contributed by atoms with Gasteiger partial charge in [0.2, 0.25) is 0 Å². The highest BCUT2D eigenvalue weighted by molar-refractivity contribution is 7.80. The Morgan fingerprint density at radius 1 is 1.20 bits per heavy atom. The molecule has 0 aliphatic rings. The first-order chi connectivity index (χ1) is 9.58. The fraction of sp³-hybridized carbons (Fsp3) is 0. The molecule has 2 aromatic rings. The number of pyridine rings is 1. The highest BCUT2D eigenvalue weighted by Gasteiger charge is 2.13. The van der Waals surface area contributed by atoms with E-state index in [9.17, 15) is 10.1 Å². The van der Waals surface area contributed by atoms with Gasteiger partial charge in [0, 0.05) is 12.3 Å². The Hall–Kier alpha value is -2.25. The summed E-state index contributed by atoms with van der Waals surface area (Å²) >= 11 is 11.0. The van der Waals surface area contributed by atoms with Crippen LogP contribution >= 0.6 is 23.8 Å². The maximum absolute atomic E-state index is 10.9. The van der Waals surface area contributed by atoms with E-state index in [1.165, 1.54) is 6.07 Å². The largest absolute Gasteiger partial charge is 0.330 e. The Bertz CT molecular complexity index is 665. The lowest BCUT2D eigenvalue weighted by molar-refractivity contribution is -0.383. The van der Waals surface area contributed by atoms with Gasteiger partial charge in [0.15, 0.2) is 10.3 Å². The van der Waals surface area contributed by atoms with Gasteiger partial charge < -0.3 is 10.6 Å². The minimum absolute atomic E-state index is 0.0612. The van der Waals surface area contributed by atoms with Crippen molar-refractivity contribution < 1.29 is 4.92 Å². The molecule has 0 aliphatic heterocycles. The number of benzene rings is 1. The molecule has 102 valence electrons. The lowest BCUT2D eigenvalue weighted by atomic mass is 10.3. The predicted octanol–water partition coefficient (Wildman–Crippen LogP) is 3.45. The van der Waals surface area contributed by atoms with Crippen LogP contribution in [0.2, 0.25) is 5.15 Å². The zero-order chi connectivity index (χ0) is 14.5. The molecule has 0 unspecified atom stereocenters. The summed E-state index contributed by atoms with van der Waals surface area (Å²) in [4.78, 5) is 14.3. The minimum atomic E-state index is -0.484. The van der Waals surface area contributed by atoms with Gasteiger partial charge in [0.25, 0.3) is 5.69 Å². The topological polar surface area (TPSA) is 80.1 Å². The normalized spacial score (nSPS) is 9.85. The highest BCUT2D eigenvalue weighted by Crippen LogP contribution is 2.24. The average molecular weight is 309 g/mol. The lowest BCUT2D eigenvalue weighted by Crippen LogP contribution is -2.20. The van der Waals surface area contributed by atoms with Crippen molar-refractivity contribution >= 4 is 46.0 Å². The molecule has 0 saturated carbocycles. The number of para-hydroxylation sites is 2. The second-order valence-corrected chi connectivity index (χ2v) is 4.46. The average Bonchev–Trinajstić information content (AvgIpc) is 2.41. The van der Waals surface area contributed by atoms with E-state index in [-0.39, 0.29) is 16.0 Å². The first-order valence-corrected chi connectivity index (χ1v) is 6.28. The Kier molecular flexibility index (Phi) is 4.44. The Morgan fingerprint density at radius 2 is 1.85 bits per heavy atom. The fourth-order valence-corrected chi connectivity index (χ4v) is 1.88. The maximum Gasteiger partial charge on any atom is 0.292 e. The molecule has 0 fully saturated rings. The number of thiocarbonyl (C=S) groups is 1. The van der Waals surface area contributed by atoms with Crippen LogP contribution < -0.4 is 10.6 Å². The van der Waals surface area contributed by atoms with Crippen LogP contribution in [0, 0.1) is 10.1 Å². The van der Waals surface area contributed by atoms with Gasteiger partial charge in [-0.3, -0.25) is 10.1 Å². The van der Waals surface area contributed by atoms with Crippen molar-refractivity contribution in [1.82, 2.24) is 4.98 Å². The summed E-state index contributed by atoms with van der Waals surface area (Å²) in [6, 6.07) is 9.61. The van der Waals surface area contributed by atoms with Gasteiger partial charge in [0.1, 0.15) is 5.69 Å². The van der Waals surface area contributed by atoms with Crippen LogP contribution in [0.25, 0.3) is 0 Å². The summed E-state index contributed by atoms with van der Waals surface area (Å²) in [6.45, 7) is 0. The number of nitro groups is 1. The molecular weight excluding hydrogens is 300 g/mol. The van der Waals surface area contributed by atoms with Crippen LogP contribution in [0.3, 0.4) is 0 Å². The first-order valence-electron chi connectivity index (χ1n) is 5.50. The van der Waals surface area contributed by atoms with Crippen LogP contribution in [0.4, 0.5) is 17.1 Å². The molecule has 8 heteroatoms. The molecule has 2 N–H and O–H groups in total. The molecule has 2 rings (SSSR count). The number of hydrogen-bond acceptors (Lipinski definition) is 4. The van der Waals surface area contributed by atoms with Crippen molar-refractivity contribution in [3.63, 3.8) is 0 Å². The number of rotatable bonds is 3. The van der Waals surface area contributed by atoms with Gasteiger partial charge >= 0.3 is 0 Å². The van der Waals surface area contributed by atoms with Crippen LogP contribution in [-0.2, 0) is 0 Å². The quantitative estimate of drug-likeness (QED) is 0.391. The van der Waals surface area contributed by atoms with Gasteiger partial charge in [-0.25, -0.2) is 4.98 Å². The zero-order valence-electron chi connectivity index (χ0n) is 10.0. The van der Waals surface area contributed by atoms with Gasteiger partial charge in [-0.2, -0.15) is 0 Å². The SMILES string of the molecule is O=[N+]([O-])c1ccccc1NC(=S)Nc1cccnc1Cl. The number of nitro benzene ring substituents is 1. The monoisotopic (exact) mass is 308 g/mol.